The molecular formula is C13H30N2O2S. The fourth-order valence-corrected chi connectivity index (χ4v) is 3.03. The van der Waals surface area contributed by atoms with Crippen LogP contribution < -0.4 is 10.0 Å². The zero-order valence-corrected chi connectivity index (χ0v) is 13.3. The van der Waals surface area contributed by atoms with Gasteiger partial charge in [0, 0.05) is 12.1 Å². The minimum absolute atomic E-state index is 0.0375. The van der Waals surface area contributed by atoms with Crippen molar-refractivity contribution >= 4 is 10.0 Å². The first-order valence-corrected chi connectivity index (χ1v) is 8.61. The van der Waals surface area contributed by atoms with Crippen molar-refractivity contribution in [2.45, 2.75) is 66.0 Å². The Morgan fingerprint density at radius 3 is 2.11 bits per heavy atom. The van der Waals surface area contributed by atoms with Gasteiger partial charge in [-0.05, 0) is 38.6 Å². The number of hydrogen-bond acceptors (Lipinski definition) is 3. The molecular weight excluding hydrogens is 248 g/mol. The number of nitrogens with one attached hydrogen (secondary N) is 2. The molecule has 5 heteroatoms. The minimum atomic E-state index is -3.12. The van der Waals surface area contributed by atoms with Gasteiger partial charge in [-0.25, -0.2) is 13.1 Å². The molecule has 1 atom stereocenters. The highest BCUT2D eigenvalue weighted by Crippen LogP contribution is 2.07. The van der Waals surface area contributed by atoms with Gasteiger partial charge in [-0.2, -0.15) is 0 Å². The van der Waals surface area contributed by atoms with Gasteiger partial charge in [0.25, 0.3) is 0 Å². The molecule has 0 rings (SSSR count). The lowest BCUT2D eigenvalue weighted by atomic mass is 10.1. The van der Waals surface area contributed by atoms with Crippen molar-refractivity contribution in [3.05, 3.63) is 0 Å². The Labute approximate surface area is 113 Å². The van der Waals surface area contributed by atoms with Crippen LogP contribution in [0.25, 0.3) is 0 Å². The van der Waals surface area contributed by atoms with Gasteiger partial charge in [-0.15, -0.1) is 0 Å². The second kappa shape index (κ2) is 8.88. The molecule has 0 aromatic carbocycles. The zero-order chi connectivity index (χ0) is 14.2. The fraction of sp³-hybridized carbons (Fsp3) is 1.00. The summed E-state index contributed by atoms with van der Waals surface area (Å²) in [4.78, 5) is 0. The highest BCUT2D eigenvalue weighted by molar-refractivity contribution is 7.89. The summed E-state index contributed by atoms with van der Waals surface area (Å²) >= 11 is 0. The van der Waals surface area contributed by atoms with Gasteiger partial charge in [0.1, 0.15) is 0 Å². The molecule has 0 radical (unpaired) electrons. The van der Waals surface area contributed by atoms with Crippen LogP contribution >= 0.6 is 0 Å². The SMILES string of the molecule is CC(C)CCC(C)NS(=O)(=O)CCCNC(C)C. The second-order valence-electron chi connectivity index (χ2n) is 5.77. The molecule has 0 bridgehead atoms. The Morgan fingerprint density at radius 1 is 1.00 bits per heavy atom. The van der Waals surface area contributed by atoms with Crippen molar-refractivity contribution in [2.75, 3.05) is 12.3 Å². The maximum absolute atomic E-state index is 11.8. The minimum Gasteiger partial charge on any atom is -0.314 e. The Morgan fingerprint density at radius 2 is 1.61 bits per heavy atom. The molecule has 2 N–H and O–H groups in total. The van der Waals surface area contributed by atoms with E-state index in [0.717, 1.165) is 19.4 Å². The molecule has 0 aromatic rings. The predicted octanol–water partition coefficient (Wildman–Crippen LogP) is 2.12. The molecule has 18 heavy (non-hydrogen) atoms. The summed E-state index contributed by atoms with van der Waals surface area (Å²) in [5.41, 5.74) is 0. The van der Waals surface area contributed by atoms with Crippen LogP contribution in [0.15, 0.2) is 0 Å². The van der Waals surface area contributed by atoms with Gasteiger partial charge in [0.05, 0.1) is 5.75 Å². The van der Waals surface area contributed by atoms with E-state index < -0.39 is 10.0 Å². The lowest BCUT2D eigenvalue weighted by Crippen LogP contribution is -2.35. The first-order valence-electron chi connectivity index (χ1n) is 6.96. The number of rotatable bonds is 10. The van der Waals surface area contributed by atoms with Crippen LogP contribution in [0.1, 0.15) is 53.9 Å². The molecule has 0 aliphatic heterocycles. The van der Waals surface area contributed by atoms with Crippen LogP contribution in [-0.4, -0.2) is 32.8 Å². The van der Waals surface area contributed by atoms with Crippen molar-refractivity contribution in [2.24, 2.45) is 5.92 Å². The Balaban J connectivity index is 3.85. The van der Waals surface area contributed by atoms with Gasteiger partial charge >= 0.3 is 0 Å². The number of hydrogen-bond donors (Lipinski definition) is 2. The Bertz CT molecular complexity index is 300. The second-order valence-corrected chi connectivity index (χ2v) is 7.64. The molecule has 1 unspecified atom stereocenters. The maximum Gasteiger partial charge on any atom is 0.211 e. The van der Waals surface area contributed by atoms with E-state index in [1.165, 1.54) is 0 Å². The zero-order valence-electron chi connectivity index (χ0n) is 12.5. The third kappa shape index (κ3) is 11.0. The largest absolute Gasteiger partial charge is 0.314 e. The third-order valence-electron chi connectivity index (χ3n) is 2.70. The lowest BCUT2D eigenvalue weighted by molar-refractivity contribution is 0.484. The fourth-order valence-electron chi connectivity index (χ4n) is 1.66. The van der Waals surface area contributed by atoms with Crippen LogP contribution in [0.4, 0.5) is 0 Å². The van der Waals surface area contributed by atoms with Crippen LogP contribution in [0.2, 0.25) is 0 Å². The standard InChI is InChI=1S/C13H30N2O2S/c1-11(2)7-8-13(5)15-18(16,17)10-6-9-14-12(3)4/h11-15H,6-10H2,1-5H3. The highest BCUT2D eigenvalue weighted by Gasteiger charge is 2.14. The highest BCUT2D eigenvalue weighted by atomic mass is 32.2. The smallest absolute Gasteiger partial charge is 0.211 e. The first-order chi connectivity index (χ1) is 8.23. The maximum atomic E-state index is 11.8. The summed E-state index contributed by atoms with van der Waals surface area (Å²) in [5, 5.41) is 3.22. The Hall–Kier alpha value is -0.130. The molecule has 4 nitrogen and oxygen atoms in total. The topological polar surface area (TPSA) is 58.2 Å². The summed E-state index contributed by atoms with van der Waals surface area (Å²) in [6.07, 6.45) is 2.62. The van der Waals surface area contributed by atoms with E-state index in [0.29, 0.717) is 18.4 Å². The van der Waals surface area contributed by atoms with Gasteiger partial charge < -0.3 is 5.32 Å². The molecule has 0 amide bonds. The average molecular weight is 278 g/mol. The van der Waals surface area contributed by atoms with E-state index in [1.54, 1.807) is 0 Å². The molecule has 0 heterocycles. The molecule has 0 aliphatic rings. The normalized spacial score (nSPS) is 14.4. The predicted molar refractivity (Wildman–Crippen MR) is 78.2 cm³/mol. The van der Waals surface area contributed by atoms with E-state index in [-0.39, 0.29) is 11.8 Å². The van der Waals surface area contributed by atoms with Crippen LogP contribution in [0, 0.1) is 5.92 Å². The molecule has 0 saturated heterocycles. The van der Waals surface area contributed by atoms with Crippen molar-refractivity contribution < 1.29 is 8.42 Å². The summed E-state index contributed by atoms with van der Waals surface area (Å²) in [7, 11) is -3.12. The third-order valence-corrected chi connectivity index (χ3v) is 4.29. The van der Waals surface area contributed by atoms with E-state index in [1.807, 2.05) is 6.92 Å². The van der Waals surface area contributed by atoms with Crippen molar-refractivity contribution in [3.63, 3.8) is 0 Å². The summed E-state index contributed by atoms with van der Waals surface area (Å²) < 4.78 is 26.3. The van der Waals surface area contributed by atoms with Gasteiger partial charge in [0.2, 0.25) is 10.0 Å². The number of sulfonamides is 1. The molecule has 0 spiro atoms. The van der Waals surface area contributed by atoms with Crippen LogP contribution in [-0.2, 0) is 10.0 Å². The summed E-state index contributed by atoms with van der Waals surface area (Å²) in [6.45, 7) is 11.1. The van der Waals surface area contributed by atoms with Crippen molar-refractivity contribution in [1.29, 1.82) is 0 Å². The van der Waals surface area contributed by atoms with Crippen LogP contribution in [0.3, 0.4) is 0 Å². The molecule has 0 aliphatic carbocycles. The van der Waals surface area contributed by atoms with Crippen LogP contribution in [0.5, 0.6) is 0 Å². The average Bonchev–Trinajstić information content (AvgIpc) is 2.21. The lowest BCUT2D eigenvalue weighted by Gasteiger charge is -2.15. The van der Waals surface area contributed by atoms with Gasteiger partial charge in [-0.3, -0.25) is 0 Å². The molecule has 0 aromatic heterocycles. The summed E-state index contributed by atoms with van der Waals surface area (Å²) in [6, 6.07) is 0.445. The van der Waals surface area contributed by atoms with Gasteiger partial charge in [-0.1, -0.05) is 27.7 Å². The monoisotopic (exact) mass is 278 g/mol. The van der Waals surface area contributed by atoms with E-state index in [9.17, 15) is 8.42 Å². The van der Waals surface area contributed by atoms with E-state index in [4.69, 9.17) is 0 Å². The quantitative estimate of drug-likeness (QED) is 0.602. The first kappa shape index (κ1) is 17.9. The van der Waals surface area contributed by atoms with Crippen molar-refractivity contribution in [1.82, 2.24) is 10.0 Å². The molecule has 0 saturated carbocycles. The molecule has 0 fully saturated rings. The Kier molecular flexibility index (Phi) is 8.82. The van der Waals surface area contributed by atoms with E-state index >= 15 is 0 Å². The molecule has 110 valence electrons. The summed E-state index contributed by atoms with van der Waals surface area (Å²) in [5.74, 6) is 0.825. The van der Waals surface area contributed by atoms with Crippen molar-refractivity contribution in [3.8, 4) is 0 Å². The van der Waals surface area contributed by atoms with E-state index in [2.05, 4.69) is 37.7 Å². The van der Waals surface area contributed by atoms with Gasteiger partial charge in [0.15, 0.2) is 0 Å².